The van der Waals surface area contributed by atoms with E-state index in [0.29, 0.717) is 24.4 Å². The number of likely N-dealkylation sites (tertiary alicyclic amines) is 1. The molecule has 7 nitrogen and oxygen atoms in total. The van der Waals surface area contributed by atoms with Crippen molar-refractivity contribution in [3.05, 3.63) is 54.2 Å². The van der Waals surface area contributed by atoms with Crippen molar-refractivity contribution in [1.82, 2.24) is 24.6 Å². The van der Waals surface area contributed by atoms with E-state index in [1.807, 2.05) is 43.6 Å². The number of nitrogens with zero attached hydrogens (tertiary/aromatic N) is 5. The summed E-state index contributed by atoms with van der Waals surface area (Å²) in [6.07, 6.45) is 8.16. The first-order chi connectivity index (χ1) is 12.6. The lowest BCUT2D eigenvalue weighted by atomic mass is 10.1. The van der Waals surface area contributed by atoms with Crippen LogP contribution in [0.3, 0.4) is 0 Å². The fourth-order valence-electron chi connectivity index (χ4n) is 3.20. The number of imidazole rings is 1. The maximum atomic E-state index is 12.6. The molecule has 7 heteroatoms. The maximum Gasteiger partial charge on any atom is 0.270 e. The second-order valence-corrected chi connectivity index (χ2v) is 6.48. The molecule has 130 valence electrons. The van der Waals surface area contributed by atoms with Crippen molar-refractivity contribution in [3.8, 4) is 17.3 Å². The predicted molar refractivity (Wildman–Crippen MR) is 96.2 cm³/mol. The van der Waals surface area contributed by atoms with Gasteiger partial charge in [0.05, 0.1) is 6.20 Å². The van der Waals surface area contributed by atoms with Crippen molar-refractivity contribution >= 4 is 11.6 Å². The molecule has 1 saturated heterocycles. The summed E-state index contributed by atoms with van der Waals surface area (Å²) in [5, 5.41) is 11.9. The van der Waals surface area contributed by atoms with Crippen LogP contribution in [0.5, 0.6) is 0 Å². The lowest BCUT2D eigenvalue weighted by molar-refractivity contribution is 0.0933. The SMILES string of the molecule is Cc1ccc(-c2ccn3c(C(=O)N[C@@H]4CCN(C#N)C4)cnc3c2)cn1. The van der Waals surface area contributed by atoms with Crippen molar-refractivity contribution < 1.29 is 4.79 Å². The molecule has 4 rings (SSSR count). The highest BCUT2D eigenvalue weighted by molar-refractivity contribution is 5.93. The Hall–Kier alpha value is -3.40. The van der Waals surface area contributed by atoms with E-state index >= 15 is 0 Å². The zero-order chi connectivity index (χ0) is 18.1. The number of carbonyl (C=O) groups is 1. The fourth-order valence-corrected chi connectivity index (χ4v) is 3.20. The standard InChI is InChI=1S/C19H18N6O/c1-13-2-3-15(9-21-13)14-4-7-25-17(10-22-18(25)8-14)19(26)23-16-5-6-24(11-16)12-20/h2-4,7-10,16H,5-6,11H2,1H3,(H,23,26)/t16-/m1/s1. The van der Waals surface area contributed by atoms with Crippen molar-refractivity contribution in [2.24, 2.45) is 0 Å². The van der Waals surface area contributed by atoms with Gasteiger partial charge in [-0.15, -0.1) is 0 Å². The number of nitrogens with one attached hydrogen (secondary N) is 1. The molecule has 26 heavy (non-hydrogen) atoms. The van der Waals surface area contributed by atoms with Gasteiger partial charge in [-0.25, -0.2) is 4.98 Å². The molecule has 0 unspecified atom stereocenters. The van der Waals surface area contributed by atoms with Gasteiger partial charge in [-0.1, -0.05) is 6.07 Å². The molecular weight excluding hydrogens is 328 g/mol. The quantitative estimate of drug-likeness (QED) is 0.733. The Labute approximate surface area is 150 Å². The van der Waals surface area contributed by atoms with Gasteiger partial charge in [0, 0.05) is 42.8 Å². The highest BCUT2D eigenvalue weighted by Gasteiger charge is 2.24. The van der Waals surface area contributed by atoms with Crippen LogP contribution in [0.4, 0.5) is 0 Å². The number of carbonyl (C=O) groups excluding carboxylic acids is 1. The minimum absolute atomic E-state index is 0.00870. The van der Waals surface area contributed by atoms with Gasteiger partial charge in [0.2, 0.25) is 0 Å². The number of aryl methyl sites for hydroxylation is 1. The van der Waals surface area contributed by atoms with Crippen LogP contribution in [0, 0.1) is 18.4 Å². The summed E-state index contributed by atoms with van der Waals surface area (Å²) in [7, 11) is 0. The molecule has 1 amide bonds. The van der Waals surface area contributed by atoms with Crippen molar-refractivity contribution in [1.29, 1.82) is 5.26 Å². The largest absolute Gasteiger partial charge is 0.346 e. The minimum atomic E-state index is -0.174. The molecule has 0 spiro atoms. The third-order valence-electron chi connectivity index (χ3n) is 4.66. The summed E-state index contributed by atoms with van der Waals surface area (Å²) in [6, 6.07) is 7.87. The molecule has 1 atom stereocenters. The Kier molecular flexibility index (Phi) is 4.01. The van der Waals surface area contributed by atoms with E-state index in [1.165, 1.54) is 0 Å². The molecule has 1 aliphatic rings. The second-order valence-electron chi connectivity index (χ2n) is 6.48. The average molecular weight is 346 g/mol. The molecule has 1 N–H and O–H groups in total. The number of fused-ring (bicyclic) bond motifs is 1. The number of amides is 1. The Balaban J connectivity index is 1.56. The summed E-state index contributed by atoms with van der Waals surface area (Å²) in [5.74, 6) is -0.174. The van der Waals surface area contributed by atoms with Gasteiger partial charge in [-0.05, 0) is 37.1 Å². The molecule has 1 aliphatic heterocycles. The van der Waals surface area contributed by atoms with E-state index in [9.17, 15) is 4.79 Å². The van der Waals surface area contributed by atoms with Crippen LogP contribution in [0.15, 0.2) is 42.9 Å². The van der Waals surface area contributed by atoms with Gasteiger partial charge in [0.15, 0.2) is 6.19 Å². The zero-order valence-electron chi connectivity index (χ0n) is 14.4. The molecule has 3 aromatic rings. The fraction of sp³-hybridized carbons (Fsp3) is 0.263. The second kappa shape index (κ2) is 6.48. The Morgan fingerprint density at radius 3 is 2.88 bits per heavy atom. The van der Waals surface area contributed by atoms with E-state index in [-0.39, 0.29) is 11.9 Å². The first-order valence-electron chi connectivity index (χ1n) is 8.50. The summed E-state index contributed by atoms with van der Waals surface area (Å²) >= 11 is 0. The van der Waals surface area contributed by atoms with Crippen molar-refractivity contribution in [3.63, 3.8) is 0 Å². The van der Waals surface area contributed by atoms with Gasteiger partial charge in [-0.2, -0.15) is 5.26 Å². The molecule has 0 bridgehead atoms. The van der Waals surface area contributed by atoms with E-state index in [4.69, 9.17) is 5.26 Å². The summed E-state index contributed by atoms with van der Waals surface area (Å²) in [4.78, 5) is 22.9. The highest BCUT2D eigenvalue weighted by Crippen LogP contribution is 2.21. The Morgan fingerprint density at radius 2 is 2.15 bits per heavy atom. The third-order valence-corrected chi connectivity index (χ3v) is 4.66. The van der Waals surface area contributed by atoms with E-state index in [2.05, 4.69) is 21.5 Å². The average Bonchev–Trinajstić information content (AvgIpc) is 3.28. The van der Waals surface area contributed by atoms with E-state index in [1.54, 1.807) is 15.5 Å². The smallest absolute Gasteiger partial charge is 0.270 e. The number of pyridine rings is 2. The lowest BCUT2D eigenvalue weighted by Gasteiger charge is -2.12. The first-order valence-corrected chi connectivity index (χ1v) is 8.50. The van der Waals surface area contributed by atoms with Gasteiger partial charge >= 0.3 is 0 Å². The Morgan fingerprint density at radius 1 is 1.27 bits per heavy atom. The monoisotopic (exact) mass is 346 g/mol. The third kappa shape index (κ3) is 2.97. The van der Waals surface area contributed by atoms with Gasteiger partial charge < -0.3 is 10.2 Å². The number of aromatic nitrogens is 3. The lowest BCUT2D eigenvalue weighted by Crippen LogP contribution is -2.36. The van der Waals surface area contributed by atoms with Crippen LogP contribution in [0.1, 0.15) is 22.6 Å². The number of rotatable bonds is 3. The van der Waals surface area contributed by atoms with Crippen LogP contribution in [-0.2, 0) is 0 Å². The molecule has 1 fully saturated rings. The van der Waals surface area contributed by atoms with Crippen LogP contribution in [-0.4, -0.2) is 44.3 Å². The van der Waals surface area contributed by atoms with Crippen LogP contribution in [0.2, 0.25) is 0 Å². The summed E-state index contributed by atoms with van der Waals surface area (Å²) in [6.45, 7) is 3.19. The Bertz CT molecular complexity index is 1000. The van der Waals surface area contributed by atoms with Gasteiger partial charge in [0.25, 0.3) is 5.91 Å². The summed E-state index contributed by atoms with van der Waals surface area (Å²) in [5.41, 5.74) is 4.18. The van der Waals surface area contributed by atoms with Crippen molar-refractivity contribution in [2.75, 3.05) is 13.1 Å². The predicted octanol–water partition coefficient (Wildman–Crippen LogP) is 1.99. The van der Waals surface area contributed by atoms with E-state index in [0.717, 1.165) is 23.2 Å². The molecule has 3 aromatic heterocycles. The van der Waals surface area contributed by atoms with Gasteiger partial charge in [0.1, 0.15) is 11.3 Å². The molecule has 0 aromatic carbocycles. The first kappa shape index (κ1) is 16.1. The van der Waals surface area contributed by atoms with Crippen LogP contribution in [0.25, 0.3) is 16.8 Å². The molecule has 0 radical (unpaired) electrons. The molecule has 0 aliphatic carbocycles. The van der Waals surface area contributed by atoms with E-state index < -0.39 is 0 Å². The minimum Gasteiger partial charge on any atom is -0.346 e. The van der Waals surface area contributed by atoms with Gasteiger partial charge in [-0.3, -0.25) is 14.2 Å². The summed E-state index contributed by atoms with van der Waals surface area (Å²) < 4.78 is 1.78. The topological polar surface area (TPSA) is 86.3 Å². The molecule has 0 saturated carbocycles. The zero-order valence-corrected chi connectivity index (χ0v) is 14.4. The normalized spacial score (nSPS) is 16.6. The highest BCUT2D eigenvalue weighted by atomic mass is 16.2. The van der Waals surface area contributed by atoms with Crippen molar-refractivity contribution in [2.45, 2.75) is 19.4 Å². The number of nitriles is 1. The number of hydrogen-bond acceptors (Lipinski definition) is 5. The molecule has 4 heterocycles. The maximum absolute atomic E-state index is 12.6. The van der Waals surface area contributed by atoms with Crippen LogP contribution >= 0.6 is 0 Å². The van der Waals surface area contributed by atoms with Crippen LogP contribution < -0.4 is 5.32 Å². The molecular formula is C19H18N6O. The number of hydrogen-bond donors (Lipinski definition) is 1.